The molecule has 1 amide bonds. The minimum Gasteiger partial charge on any atom is -0.369 e. The van der Waals surface area contributed by atoms with Crippen LogP contribution in [0.5, 0.6) is 0 Å². The lowest BCUT2D eigenvalue weighted by atomic mass is 9.92. The van der Waals surface area contributed by atoms with E-state index in [1.54, 1.807) is 0 Å². The molecule has 0 bridgehead atoms. The number of carbonyl (C=O) groups is 1. The Morgan fingerprint density at radius 2 is 2.00 bits per heavy atom. The number of hydrogen-bond acceptors (Lipinski definition) is 1. The van der Waals surface area contributed by atoms with E-state index in [-0.39, 0.29) is 11.8 Å². The van der Waals surface area contributed by atoms with Gasteiger partial charge in [-0.2, -0.15) is 0 Å². The second-order valence-corrected chi connectivity index (χ2v) is 3.94. The molecule has 0 aromatic rings. The molecule has 2 saturated carbocycles. The van der Waals surface area contributed by atoms with E-state index in [1.165, 1.54) is 25.7 Å². The summed E-state index contributed by atoms with van der Waals surface area (Å²) < 4.78 is 0. The molecule has 0 aromatic heterocycles. The van der Waals surface area contributed by atoms with Crippen molar-refractivity contribution in [2.45, 2.75) is 32.1 Å². The predicted octanol–water partition coefficient (Wildman–Crippen LogP) is 1.30. The van der Waals surface area contributed by atoms with Crippen LogP contribution in [0.4, 0.5) is 0 Å². The number of rotatable bonds is 1. The highest BCUT2D eigenvalue weighted by atomic mass is 16.1. The Balaban J connectivity index is 2.08. The van der Waals surface area contributed by atoms with Crippen molar-refractivity contribution >= 4 is 5.91 Å². The van der Waals surface area contributed by atoms with Gasteiger partial charge in [-0.25, -0.2) is 0 Å². The number of nitrogens with two attached hydrogens (primary N) is 1. The molecule has 0 heterocycles. The van der Waals surface area contributed by atoms with E-state index in [2.05, 4.69) is 0 Å². The molecule has 0 saturated heterocycles. The van der Waals surface area contributed by atoms with Crippen LogP contribution in [0.25, 0.3) is 0 Å². The molecule has 62 valence electrons. The van der Waals surface area contributed by atoms with Crippen LogP contribution in [0, 0.1) is 17.8 Å². The average Bonchev–Trinajstić information content (AvgIpc) is 2.41. The van der Waals surface area contributed by atoms with E-state index in [4.69, 9.17) is 5.73 Å². The highest BCUT2D eigenvalue weighted by Crippen LogP contribution is 2.47. The first-order valence-electron chi connectivity index (χ1n) is 4.58. The van der Waals surface area contributed by atoms with Gasteiger partial charge in [-0.15, -0.1) is 0 Å². The van der Waals surface area contributed by atoms with Crippen molar-refractivity contribution in [3.8, 4) is 0 Å². The molecular weight excluding hydrogens is 138 g/mol. The van der Waals surface area contributed by atoms with Gasteiger partial charge in [0, 0.05) is 5.92 Å². The van der Waals surface area contributed by atoms with Crippen molar-refractivity contribution < 1.29 is 4.79 Å². The monoisotopic (exact) mass is 153 g/mol. The summed E-state index contributed by atoms with van der Waals surface area (Å²) in [5.41, 5.74) is 5.31. The number of fused-ring (bicyclic) bond motifs is 1. The lowest BCUT2D eigenvalue weighted by Gasteiger charge is -2.13. The van der Waals surface area contributed by atoms with Crippen LogP contribution in [0.2, 0.25) is 0 Å². The smallest absolute Gasteiger partial charge is 0.220 e. The fraction of sp³-hybridized carbons (Fsp3) is 0.889. The van der Waals surface area contributed by atoms with Gasteiger partial charge in [-0.1, -0.05) is 12.8 Å². The molecule has 2 nitrogen and oxygen atoms in total. The van der Waals surface area contributed by atoms with E-state index >= 15 is 0 Å². The van der Waals surface area contributed by atoms with E-state index in [0.29, 0.717) is 5.92 Å². The quantitative estimate of drug-likeness (QED) is 0.606. The summed E-state index contributed by atoms with van der Waals surface area (Å²) in [6, 6.07) is 0. The molecule has 0 radical (unpaired) electrons. The highest BCUT2D eigenvalue weighted by molar-refractivity contribution is 5.77. The van der Waals surface area contributed by atoms with Crippen molar-refractivity contribution in [3.63, 3.8) is 0 Å². The first kappa shape index (κ1) is 7.14. The molecule has 2 heteroatoms. The standard InChI is InChI=1S/C9H15NO/c10-9(11)8-5-4-6-2-1-3-7(6)8/h6-8H,1-5H2,(H2,10,11)/t6-,7+,8+/m1/s1. The fourth-order valence-electron chi connectivity index (χ4n) is 2.91. The number of amides is 1. The minimum atomic E-state index is -0.0561. The second-order valence-electron chi connectivity index (χ2n) is 3.94. The van der Waals surface area contributed by atoms with Gasteiger partial charge < -0.3 is 5.73 Å². The molecule has 0 unspecified atom stereocenters. The molecule has 0 aliphatic heterocycles. The zero-order valence-electron chi connectivity index (χ0n) is 6.75. The maximum Gasteiger partial charge on any atom is 0.220 e. The van der Waals surface area contributed by atoms with Crippen molar-refractivity contribution in [1.29, 1.82) is 0 Å². The van der Waals surface area contributed by atoms with Gasteiger partial charge in [-0.3, -0.25) is 4.79 Å². The van der Waals surface area contributed by atoms with Gasteiger partial charge in [0.05, 0.1) is 0 Å². The Hall–Kier alpha value is -0.530. The third kappa shape index (κ3) is 1.05. The number of carbonyl (C=O) groups excluding carboxylic acids is 1. The van der Waals surface area contributed by atoms with Gasteiger partial charge in [0.2, 0.25) is 5.91 Å². The SMILES string of the molecule is NC(=O)[C@H]1CC[C@H]2CCC[C@@H]21. The number of hydrogen-bond donors (Lipinski definition) is 1. The Morgan fingerprint density at radius 1 is 1.18 bits per heavy atom. The van der Waals surface area contributed by atoms with Gasteiger partial charge in [0.25, 0.3) is 0 Å². The summed E-state index contributed by atoms with van der Waals surface area (Å²) in [5.74, 6) is 1.67. The van der Waals surface area contributed by atoms with Crippen molar-refractivity contribution in [2.24, 2.45) is 23.5 Å². The van der Waals surface area contributed by atoms with E-state index in [0.717, 1.165) is 12.3 Å². The molecule has 0 spiro atoms. The lowest BCUT2D eigenvalue weighted by molar-refractivity contribution is -0.122. The molecule has 0 aromatic carbocycles. The first-order chi connectivity index (χ1) is 5.29. The Morgan fingerprint density at radius 3 is 2.73 bits per heavy atom. The van der Waals surface area contributed by atoms with Crippen molar-refractivity contribution in [3.05, 3.63) is 0 Å². The van der Waals surface area contributed by atoms with Crippen LogP contribution < -0.4 is 5.73 Å². The summed E-state index contributed by atoms with van der Waals surface area (Å²) in [5, 5.41) is 0. The number of primary amides is 1. The van der Waals surface area contributed by atoms with Crippen LogP contribution in [0.15, 0.2) is 0 Å². The molecule has 2 aliphatic carbocycles. The van der Waals surface area contributed by atoms with E-state index < -0.39 is 0 Å². The van der Waals surface area contributed by atoms with E-state index in [1.807, 2.05) is 0 Å². The third-order valence-electron chi connectivity index (χ3n) is 3.45. The minimum absolute atomic E-state index is 0.0561. The second kappa shape index (κ2) is 2.50. The topological polar surface area (TPSA) is 43.1 Å². The summed E-state index contributed by atoms with van der Waals surface area (Å²) in [4.78, 5) is 11.0. The summed E-state index contributed by atoms with van der Waals surface area (Å²) in [6.45, 7) is 0. The zero-order valence-corrected chi connectivity index (χ0v) is 6.75. The van der Waals surface area contributed by atoms with Crippen LogP contribution in [-0.4, -0.2) is 5.91 Å². The largest absolute Gasteiger partial charge is 0.369 e. The molecule has 2 fully saturated rings. The Kier molecular flexibility index (Phi) is 1.63. The van der Waals surface area contributed by atoms with Gasteiger partial charge >= 0.3 is 0 Å². The van der Waals surface area contributed by atoms with Crippen molar-refractivity contribution in [1.82, 2.24) is 0 Å². The lowest BCUT2D eigenvalue weighted by Crippen LogP contribution is -2.26. The van der Waals surface area contributed by atoms with Crippen molar-refractivity contribution in [2.75, 3.05) is 0 Å². The zero-order chi connectivity index (χ0) is 7.84. The van der Waals surface area contributed by atoms with Gasteiger partial charge in [0.15, 0.2) is 0 Å². The summed E-state index contributed by atoms with van der Waals surface area (Å²) >= 11 is 0. The Labute approximate surface area is 67.1 Å². The van der Waals surface area contributed by atoms with Crippen LogP contribution in [0.3, 0.4) is 0 Å². The maximum atomic E-state index is 11.0. The average molecular weight is 153 g/mol. The molecule has 2 aliphatic rings. The molecule has 2 N–H and O–H groups in total. The summed E-state index contributed by atoms with van der Waals surface area (Å²) in [6.07, 6.45) is 6.22. The van der Waals surface area contributed by atoms with Crippen LogP contribution >= 0.6 is 0 Å². The van der Waals surface area contributed by atoms with Crippen LogP contribution in [-0.2, 0) is 4.79 Å². The predicted molar refractivity (Wildman–Crippen MR) is 42.7 cm³/mol. The Bertz CT molecular complexity index is 178. The van der Waals surface area contributed by atoms with Gasteiger partial charge in [0.1, 0.15) is 0 Å². The van der Waals surface area contributed by atoms with E-state index in [9.17, 15) is 4.79 Å². The molecule has 11 heavy (non-hydrogen) atoms. The molecule has 3 atom stereocenters. The summed E-state index contributed by atoms with van der Waals surface area (Å²) in [7, 11) is 0. The maximum absolute atomic E-state index is 11.0. The third-order valence-corrected chi connectivity index (χ3v) is 3.45. The first-order valence-corrected chi connectivity index (χ1v) is 4.58. The van der Waals surface area contributed by atoms with Gasteiger partial charge in [-0.05, 0) is 31.1 Å². The fourth-order valence-corrected chi connectivity index (χ4v) is 2.91. The van der Waals surface area contributed by atoms with Crippen LogP contribution in [0.1, 0.15) is 32.1 Å². The normalized spacial score (nSPS) is 42.4. The molecular formula is C9H15NO. The highest BCUT2D eigenvalue weighted by Gasteiger charge is 2.41. The molecule has 2 rings (SSSR count).